The number of methoxy groups -OCH3 is 1. The van der Waals surface area contributed by atoms with Crippen LogP contribution in [0.1, 0.15) is 31.2 Å². The number of rotatable bonds is 3. The van der Waals surface area contributed by atoms with Gasteiger partial charge in [-0.1, -0.05) is 0 Å². The minimum Gasteiger partial charge on any atom is -0.497 e. The van der Waals surface area contributed by atoms with E-state index in [9.17, 15) is 0 Å². The van der Waals surface area contributed by atoms with Crippen molar-refractivity contribution in [2.75, 3.05) is 13.7 Å². The maximum atomic E-state index is 5.74. The molecule has 1 aliphatic heterocycles. The van der Waals surface area contributed by atoms with Gasteiger partial charge in [0.2, 0.25) is 0 Å². The van der Waals surface area contributed by atoms with Crippen molar-refractivity contribution < 1.29 is 9.47 Å². The lowest BCUT2D eigenvalue weighted by atomic mass is 10.1. The molecule has 1 aromatic carbocycles. The van der Waals surface area contributed by atoms with Gasteiger partial charge in [0, 0.05) is 6.61 Å². The lowest BCUT2D eigenvalue weighted by Gasteiger charge is -2.21. The monoisotopic (exact) mass is 260 g/mol. The Morgan fingerprint density at radius 2 is 2.11 bits per heavy atom. The average Bonchev–Trinajstić information content (AvgIpc) is 2.98. The zero-order chi connectivity index (χ0) is 13.1. The third-order valence-corrected chi connectivity index (χ3v) is 3.28. The van der Waals surface area contributed by atoms with Gasteiger partial charge < -0.3 is 9.47 Å². The molecular weight excluding hydrogens is 244 g/mol. The molecule has 0 amide bonds. The summed E-state index contributed by atoms with van der Waals surface area (Å²) in [6, 6.07) is 7.65. The van der Waals surface area contributed by atoms with Crippen LogP contribution >= 0.6 is 0 Å². The minimum absolute atomic E-state index is 0.00847. The first-order valence-electron chi connectivity index (χ1n) is 6.43. The van der Waals surface area contributed by atoms with Gasteiger partial charge in [0.05, 0.1) is 12.8 Å². The zero-order valence-electron chi connectivity index (χ0n) is 10.8. The van der Waals surface area contributed by atoms with Crippen molar-refractivity contribution in [2.45, 2.75) is 25.4 Å². The molecule has 3 rings (SSSR count). The highest BCUT2D eigenvalue weighted by Gasteiger charge is 2.23. The van der Waals surface area contributed by atoms with E-state index in [0.717, 1.165) is 43.1 Å². The van der Waals surface area contributed by atoms with Crippen LogP contribution < -0.4 is 4.74 Å². The van der Waals surface area contributed by atoms with Crippen LogP contribution in [0, 0.1) is 0 Å². The van der Waals surface area contributed by atoms with E-state index in [0.29, 0.717) is 0 Å². The number of hydrogen-bond acceptors (Lipinski definition) is 5. The molecule has 6 nitrogen and oxygen atoms in total. The van der Waals surface area contributed by atoms with Gasteiger partial charge in [-0.2, -0.15) is 4.68 Å². The third-order valence-electron chi connectivity index (χ3n) is 3.28. The molecule has 0 aliphatic carbocycles. The van der Waals surface area contributed by atoms with Gasteiger partial charge in [-0.05, 0) is 54.0 Å². The van der Waals surface area contributed by atoms with E-state index in [4.69, 9.17) is 9.47 Å². The van der Waals surface area contributed by atoms with Crippen LogP contribution in [0.2, 0.25) is 0 Å². The van der Waals surface area contributed by atoms with Crippen molar-refractivity contribution >= 4 is 0 Å². The molecule has 0 radical (unpaired) electrons. The number of aromatic nitrogens is 4. The van der Waals surface area contributed by atoms with E-state index in [1.165, 1.54) is 0 Å². The number of tetrazole rings is 1. The molecule has 1 fully saturated rings. The highest BCUT2D eigenvalue weighted by atomic mass is 16.5. The Bertz CT molecular complexity index is 532. The van der Waals surface area contributed by atoms with Gasteiger partial charge in [0.25, 0.3) is 0 Å². The van der Waals surface area contributed by atoms with Crippen molar-refractivity contribution in [2.24, 2.45) is 0 Å². The first-order valence-corrected chi connectivity index (χ1v) is 6.43. The molecule has 0 N–H and O–H groups in total. The second-order valence-corrected chi connectivity index (χ2v) is 4.50. The minimum atomic E-state index is -0.00847. The van der Waals surface area contributed by atoms with Crippen molar-refractivity contribution in [1.82, 2.24) is 20.2 Å². The van der Waals surface area contributed by atoms with Crippen LogP contribution in [0.3, 0.4) is 0 Å². The van der Waals surface area contributed by atoms with Crippen molar-refractivity contribution in [1.29, 1.82) is 0 Å². The van der Waals surface area contributed by atoms with Crippen LogP contribution in [0.5, 0.6) is 5.75 Å². The Kier molecular flexibility index (Phi) is 3.41. The summed E-state index contributed by atoms with van der Waals surface area (Å²) in [5.41, 5.74) is 0.912. The average molecular weight is 260 g/mol. The predicted molar refractivity (Wildman–Crippen MR) is 68.3 cm³/mol. The van der Waals surface area contributed by atoms with Gasteiger partial charge in [0.1, 0.15) is 11.9 Å². The van der Waals surface area contributed by atoms with Gasteiger partial charge in [-0.15, -0.1) is 5.10 Å². The molecule has 1 atom stereocenters. The lowest BCUT2D eigenvalue weighted by Crippen LogP contribution is -2.16. The molecule has 2 heterocycles. The van der Waals surface area contributed by atoms with Gasteiger partial charge in [0.15, 0.2) is 5.82 Å². The third kappa shape index (κ3) is 2.44. The van der Waals surface area contributed by atoms with Crippen molar-refractivity contribution in [3.63, 3.8) is 0 Å². The predicted octanol–water partition coefficient (Wildman–Crippen LogP) is 1.91. The zero-order valence-corrected chi connectivity index (χ0v) is 10.8. The Hall–Kier alpha value is -1.95. The first-order chi connectivity index (χ1) is 9.38. The molecule has 1 unspecified atom stereocenters. The van der Waals surface area contributed by atoms with E-state index < -0.39 is 0 Å². The molecule has 1 aliphatic rings. The number of nitrogens with zero attached hydrogens (tertiary/aromatic N) is 4. The number of ether oxygens (including phenoxy) is 2. The second kappa shape index (κ2) is 5.36. The van der Waals surface area contributed by atoms with Crippen LogP contribution in [-0.4, -0.2) is 33.9 Å². The summed E-state index contributed by atoms with van der Waals surface area (Å²) in [7, 11) is 1.65. The summed E-state index contributed by atoms with van der Waals surface area (Å²) in [5, 5.41) is 11.9. The van der Waals surface area contributed by atoms with Crippen molar-refractivity contribution in [3.05, 3.63) is 30.1 Å². The summed E-state index contributed by atoms with van der Waals surface area (Å²) in [4.78, 5) is 0. The molecule has 1 saturated heterocycles. The molecule has 6 heteroatoms. The Morgan fingerprint density at radius 1 is 1.26 bits per heavy atom. The topological polar surface area (TPSA) is 62.1 Å². The molecule has 0 bridgehead atoms. The van der Waals surface area contributed by atoms with Gasteiger partial charge >= 0.3 is 0 Å². The smallest absolute Gasteiger partial charge is 0.185 e. The Morgan fingerprint density at radius 3 is 2.79 bits per heavy atom. The first kappa shape index (κ1) is 12.1. The van der Waals surface area contributed by atoms with Crippen LogP contribution in [0.4, 0.5) is 0 Å². The summed E-state index contributed by atoms with van der Waals surface area (Å²) in [6.45, 7) is 0.778. The summed E-state index contributed by atoms with van der Waals surface area (Å²) >= 11 is 0. The van der Waals surface area contributed by atoms with E-state index in [1.54, 1.807) is 11.8 Å². The van der Waals surface area contributed by atoms with Crippen LogP contribution in [0.25, 0.3) is 5.69 Å². The van der Waals surface area contributed by atoms with Gasteiger partial charge in [-0.25, -0.2) is 0 Å². The fourth-order valence-electron chi connectivity index (χ4n) is 2.25. The van der Waals surface area contributed by atoms with E-state index in [2.05, 4.69) is 15.5 Å². The van der Waals surface area contributed by atoms with E-state index >= 15 is 0 Å². The molecular formula is C13H16N4O2. The van der Waals surface area contributed by atoms with Gasteiger partial charge in [-0.3, -0.25) is 0 Å². The van der Waals surface area contributed by atoms with Crippen LogP contribution in [0.15, 0.2) is 24.3 Å². The summed E-state index contributed by atoms with van der Waals surface area (Å²) in [5.74, 6) is 1.58. The van der Waals surface area contributed by atoms with Crippen LogP contribution in [-0.2, 0) is 4.74 Å². The fraction of sp³-hybridized carbons (Fsp3) is 0.462. The summed E-state index contributed by atoms with van der Waals surface area (Å²) < 4.78 is 12.6. The molecule has 19 heavy (non-hydrogen) atoms. The number of hydrogen-bond donors (Lipinski definition) is 0. The normalized spacial score (nSPS) is 19.3. The second-order valence-electron chi connectivity index (χ2n) is 4.50. The number of benzene rings is 1. The van der Waals surface area contributed by atoms with Crippen molar-refractivity contribution in [3.8, 4) is 11.4 Å². The lowest BCUT2D eigenvalue weighted by molar-refractivity contribution is 0.00805. The standard InChI is InChI=1S/C13H16N4O2/c1-18-11-7-5-10(6-8-11)17-13(14-15-16-17)12-4-2-3-9-19-12/h5-8,12H,2-4,9H2,1H3. The molecule has 0 spiro atoms. The highest BCUT2D eigenvalue weighted by molar-refractivity contribution is 5.37. The fourth-order valence-corrected chi connectivity index (χ4v) is 2.25. The summed E-state index contributed by atoms with van der Waals surface area (Å²) in [6.07, 6.45) is 3.22. The molecule has 0 saturated carbocycles. The maximum absolute atomic E-state index is 5.74. The highest BCUT2D eigenvalue weighted by Crippen LogP contribution is 2.27. The van der Waals surface area contributed by atoms with E-state index in [-0.39, 0.29) is 6.10 Å². The Labute approximate surface area is 111 Å². The molecule has 1 aromatic heterocycles. The maximum Gasteiger partial charge on any atom is 0.185 e. The Balaban J connectivity index is 1.89. The SMILES string of the molecule is COc1ccc(-n2nnnc2C2CCCCO2)cc1. The van der Waals surface area contributed by atoms with E-state index in [1.807, 2.05) is 24.3 Å². The molecule has 100 valence electrons. The molecule has 2 aromatic rings. The quantitative estimate of drug-likeness (QED) is 0.843. The largest absolute Gasteiger partial charge is 0.497 e.